The van der Waals surface area contributed by atoms with Gasteiger partial charge in [0.15, 0.2) is 0 Å². The lowest BCUT2D eigenvalue weighted by Gasteiger charge is -2.29. The van der Waals surface area contributed by atoms with Gasteiger partial charge in [-0.1, -0.05) is 31.4 Å². The van der Waals surface area contributed by atoms with Gasteiger partial charge in [-0.05, 0) is 69.5 Å². The Morgan fingerprint density at radius 1 is 1.10 bits per heavy atom. The molecule has 166 valence electrons. The number of amides is 2. The van der Waals surface area contributed by atoms with Crippen molar-refractivity contribution in [2.45, 2.75) is 95.3 Å². The fourth-order valence-electron chi connectivity index (χ4n) is 4.21. The number of fused-ring (bicyclic) bond motifs is 1. The number of hydrogen-bond acceptors (Lipinski definition) is 5. The van der Waals surface area contributed by atoms with E-state index in [4.69, 9.17) is 0 Å². The van der Waals surface area contributed by atoms with Crippen molar-refractivity contribution < 1.29 is 9.59 Å². The molecule has 6 heteroatoms. The second-order valence-electron chi connectivity index (χ2n) is 9.56. The van der Waals surface area contributed by atoms with Crippen LogP contribution in [0.15, 0.2) is 23.1 Å². The predicted octanol–water partition coefficient (Wildman–Crippen LogP) is 4.24. The molecular formula is C24H37N3O2S. The van der Waals surface area contributed by atoms with Gasteiger partial charge in [0.2, 0.25) is 11.8 Å². The van der Waals surface area contributed by atoms with Gasteiger partial charge >= 0.3 is 0 Å². The van der Waals surface area contributed by atoms with Crippen LogP contribution in [0.5, 0.6) is 0 Å². The van der Waals surface area contributed by atoms with E-state index in [1.807, 2.05) is 11.8 Å². The van der Waals surface area contributed by atoms with Gasteiger partial charge in [0.05, 0.1) is 6.04 Å². The molecule has 2 N–H and O–H groups in total. The number of thioether (sulfide) groups is 1. The number of piperidine rings is 1. The summed E-state index contributed by atoms with van der Waals surface area (Å²) in [6.45, 7) is 9.38. The molecule has 1 unspecified atom stereocenters. The molecular weight excluding hydrogens is 394 g/mol. The Hall–Kier alpha value is -1.37. The van der Waals surface area contributed by atoms with Gasteiger partial charge in [-0.3, -0.25) is 19.8 Å². The van der Waals surface area contributed by atoms with Crippen molar-refractivity contribution >= 4 is 23.6 Å². The average molecular weight is 432 g/mol. The maximum atomic E-state index is 12.2. The Labute approximate surface area is 185 Å². The third-order valence-corrected chi connectivity index (χ3v) is 7.04. The Kier molecular flexibility index (Phi) is 8.37. The topological polar surface area (TPSA) is 61.4 Å². The van der Waals surface area contributed by atoms with E-state index < -0.39 is 0 Å². The minimum atomic E-state index is -0.180. The molecule has 0 spiro atoms. The number of unbranched alkanes of at least 4 members (excludes halogenated alkanes) is 4. The third-order valence-electron chi connectivity index (χ3n) is 5.85. The Bertz CT molecular complexity index is 744. The number of rotatable bonds is 10. The van der Waals surface area contributed by atoms with E-state index in [0.29, 0.717) is 12.8 Å². The monoisotopic (exact) mass is 431 g/mol. The molecule has 5 nitrogen and oxygen atoms in total. The lowest BCUT2D eigenvalue weighted by atomic mass is 10.0. The fourth-order valence-corrected chi connectivity index (χ4v) is 5.32. The highest BCUT2D eigenvalue weighted by atomic mass is 32.2. The van der Waals surface area contributed by atoms with Gasteiger partial charge in [0.25, 0.3) is 0 Å². The largest absolute Gasteiger partial charge is 0.312 e. The molecule has 1 atom stereocenters. The summed E-state index contributed by atoms with van der Waals surface area (Å²) in [7, 11) is 0. The van der Waals surface area contributed by atoms with Crippen LogP contribution in [0.4, 0.5) is 0 Å². The first-order valence-electron chi connectivity index (χ1n) is 11.4. The second-order valence-corrected chi connectivity index (χ2v) is 10.7. The van der Waals surface area contributed by atoms with Crippen molar-refractivity contribution in [2.75, 3.05) is 12.3 Å². The van der Waals surface area contributed by atoms with Crippen LogP contribution in [0.2, 0.25) is 0 Å². The molecule has 3 rings (SSSR count). The Balaban J connectivity index is 1.38. The molecule has 1 saturated heterocycles. The van der Waals surface area contributed by atoms with E-state index >= 15 is 0 Å². The summed E-state index contributed by atoms with van der Waals surface area (Å²) in [4.78, 5) is 27.2. The number of hydrogen-bond donors (Lipinski definition) is 2. The molecule has 2 amide bonds. The maximum Gasteiger partial charge on any atom is 0.243 e. The molecule has 1 aromatic carbocycles. The maximum absolute atomic E-state index is 12.2. The minimum absolute atomic E-state index is 0.133. The number of imide groups is 1. The van der Waals surface area contributed by atoms with Gasteiger partial charge < -0.3 is 5.32 Å². The van der Waals surface area contributed by atoms with E-state index in [1.165, 1.54) is 48.1 Å². The first-order valence-corrected chi connectivity index (χ1v) is 12.4. The molecule has 1 fully saturated rings. The molecule has 2 aliphatic rings. The van der Waals surface area contributed by atoms with Crippen molar-refractivity contribution in [2.24, 2.45) is 0 Å². The molecule has 0 aromatic heterocycles. The summed E-state index contributed by atoms with van der Waals surface area (Å²) in [5.41, 5.74) is 2.93. The average Bonchev–Trinajstić information content (AvgIpc) is 3.10. The quantitative estimate of drug-likeness (QED) is 0.330. The van der Waals surface area contributed by atoms with Crippen LogP contribution in [0, 0.1) is 0 Å². The fraction of sp³-hybridized carbons (Fsp3) is 0.667. The highest BCUT2D eigenvalue weighted by molar-refractivity contribution is 7.99. The van der Waals surface area contributed by atoms with Gasteiger partial charge in [0, 0.05) is 29.9 Å². The van der Waals surface area contributed by atoms with Gasteiger partial charge in [-0.2, -0.15) is 0 Å². The molecule has 2 aliphatic heterocycles. The summed E-state index contributed by atoms with van der Waals surface area (Å²) in [5.74, 6) is 0.871. The van der Waals surface area contributed by atoms with Crippen molar-refractivity contribution in [3.63, 3.8) is 0 Å². The number of nitrogens with one attached hydrogen (secondary N) is 2. The van der Waals surface area contributed by atoms with Gasteiger partial charge in [-0.25, -0.2) is 0 Å². The van der Waals surface area contributed by atoms with E-state index in [1.54, 1.807) is 0 Å². The van der Waals surface area contributed by atoms with Crippen molar-refractivity contribution in [3.05, 3.63) is 29.3 Å². The number of benzene rings is 1. The Morgan fingerprint density at radius 2 is 1.87 bits per heavy atom. The smallest absolute Gasteiger partial charge is 0.243 e. The zero-order chi connectivity index (χ0) is 21.6. The summed E-state index contributed by atoms with van der Waals surface area (Å²) in [6.07, 6.45) is 7.48. The van der Waals surface area contributed by atoms with Crippen LogP contribution < -0.4 is 10.6 Å². The summed E-state index contributed by atoms with van der Waals surface area (Å²) < 4.78 is 0. The predicted molar refractivity (Wildman–Crippen MR) is 123 cm³/mol. The third kappa shape index (κ3) is 6.82. The normalized spacial score (nSPS) is 19.8. The van der Waals surface area contributed by atoms with Gasteiger partial charge in [-0.15, -0.1) is 11.8 Å². The summed E-state index contributed by atoms with van der Waals surface area (Å²) >= 11 is 1.95. The SMILES string of the molecule is CC(C)(C)NCCCCCCCSc1cccc2c1CN(C1CCC(=O)NC1=O)C2. The molecule has 30 heavy (non-hydrogen) atoms. The van der Waals surface area contributed by atoms with Crippen LogP contribution in [0.1, 0.15) is 76.8 Å². The summed E-state index contributed by atoms with van der Waals surface area (Å²) in [5, 5.41) is 6.04. The standard InChI is InChI=1S/C24H37N3O2S/c1-24(2,3)25-14-7-5-4-6-8-15-30-21-11-9-10-18-16-27(17-19(18)21)20-12-13-22(28)26-23(20)29/h9-11,20,25H,4-8,12-17H2,1-3H3,(H,26,28,29). The van der Waals surface area contributed by atoms with Crippen LogP contribution in [-0.2, 0) is 22.7 Å². The number of carbonyl (C=O) groups excluding carboxylic acids is 2. The Morgan fingerprint density at radius 3 is 2.63 bits per heavy atom. The van der Waals surface area contributed by atoms with Gasteiger partial charge in [0.1, 0.15) is 0 Å². The molecule has 1 aromatic rings. The number of carbonyl (C=O) groups is 2. The van der Waals surface area contributed by atoms with E-state index in [2.05, 4.69) is 54.5 Å². The van der Waals surface area contributed by atoms with E-state index in [0.717, 1.165) is 25.4 Å². The van der Waals surface area contributed by atoms with Crippen LogP contribution >= 0.6 is 11.8 Å². The van der Waals surface area contributed by atoms with E-state index in [9.17, 15) is 9.59 Å². The van der Waals surface area contributed by atoms with Crippen molar-refractivity contribution in [1.29, 1.82) is 0 Å². The van der Waals surface area contributed by atoms with Crippen LogP contribution in [0.3, 0.4) is 0 Å². The van der Waals surface area contributed by atoms with Crippen molar-refractivity contribution in [1.82, 2.24) is 15.5 Å². The lowest BCUT2D eigenvalue weighted by molar-refractivity contribution is -0.137. The minimum Gasteiger partial charge on any atom is -0.312 e. The van der Waals surface area contributed by atoms with Crippen LogP contribution in [-0.4, -0.2) is 40.6 Å². The lowest BCUT2D eigenvalue weighted by Crippen LogP contribution is -2.50. The number of nitrogens with zero attached hydrogens (tertiary/aromatic N) is 1. The van der Waals surface area contributed by atoms with Crippen LogP contribution in [0.25, 0.3) is 0 Å². The molecule has 0 saturated carbocycles. The van der Waals surface area contributed by atoms with Crippen molar-refractivity contribution in [3.8, 4) is 0 Å². The first-order chi connectivity index (χ1) is 14.3. The molecule has 0 radical (unpaired) electrons. The molecule has 0 bridgehead atoms. The zero-order valence-electron chi connectivity index (χ0n) is 18.8. The highest BCUT2D eigenvalue weighted by Crippen LogP contribution is 2.34. The zero-order valence-corrected chi connectivity index (χ0v) is 19.6. The molecule has 2 heterocycles. The first kappa shape index (κ1) is 23.3. The molecule has 0 aliphatic carbocycles. The summed E-state index contributed by atoms with van der Waals surface area (Å²) in [6, 6.07) is 6.35. The second kappa shape index (κ2) is 10.8. The highest BCUT2D eigenvalue weighted by Gasteiger charge is 2.35. The van der Waals surface area contributed by atoms with E-state index in [-0.39, 0.29) is 23.4 Å².